The number of imidazole rings is 1. The van der Waals surface area contributed by atoms with Crippen LogP contribution in [0, 0.1) is 0 Å². The number of hydrogen-bond donors (Lipinski definition) is 2. The smallest absolute Gasteiger partial charge is 0.182 e. The van der Waals surface area contributed by atoms with Gasteiger partial charge in [-0.15, -0.1) is 0 Å². The number of nitrogens with two attached hydrogens (primary N) is 1. The molecule has 1 aromatic carbocycles. The van der Waals surface area contributed by atoms with Crippen molar-refractivity contribution in [2.45, 2.75) is 13.0 Å². The molecule has 0 radical (unpaired) electrons. The minimum absolute atomic E-state index is 0.702. The molecule has 0 aliphatic carbocycles. The highest BCUT2D eigenvalue weighted by Gasteiger charge is 2.21. The summed E-state index contributed by atoms with van der Waals surface area (Å²) in [6.07, 6.45) is 4.15. The first-order chi connectivity index (χ1) is 9.83. The molecule has 0 bridgehead atoms. The van der Waals surface area contributed by atoms with Crippen molar-refractivity contribution < 1.29 is 0 Å². The number of aromatic nitrogens is 4. The summed E-state index contributed by atoms with van der Waals surface area (Å²) in [7, 11) is 0. The predicted molar refractivity (Wildman–Crippen MR) is 77.3 cm³/mol. The maximum atomic E-state index is 6.04. The molecule has 0 unspecified atom stereocenters. The van der Waals surface area contributed by atoms with E-state index in [4.69, 9.17) is 5.73 Å². The van der Waals surface area contributed by atoms with E-state index in [0.29, 0.717) is 5.65 Å². The number of H-pyrrole nitrogens is 1. The molecule has 1 aliphatic rings. The van der Waals surface area contributed by atoms with Gasteiger partial charge >= 0.3 is 0 Å². The molecule has 3 aromatic rings. The summed E-state index contributed by atoms with van der Waals surface area (Å²) in [6, 6.07) is 6.10. The molecular formula is C14H14N6. The Balaban J connectivity index is 1.77. The molecule has 3 N–H and O–H groups in total. The van der Waals surface area contributed by atoms with Crippen molar-refractivity contribution in [1.82, 2.24) is 19.9 Å². The van der Waals surface area contributed by atoms with Crippen LogP contribution in [0.15, 0.2) is 30.9 Å². The van der Waals surface area contributed by atoms with Gasteiger partial charge in [0, 0.05) is 18.8 Å². The fourth-order valence-electron chi connectivity index (χ4n) is 2.81. The van der Waals surface area contributed by atoms with Gasteiger partial charge < -0.3 is 15.6 Å². The Morgan fingerprint density at radius 2 is 2.15 bits per heavy atom. The second-order valence-electron chi connectivity index (χ2n) is 4.95. The van der Waals surface area contributed by atoms with E-state index in [9.17, 15) is 0 Å². The van der Waals surface area contributed by atoms with Crippen LogP contribution in [0.1, 0.15) is 11.1 Å². The van der Waals surface area contributed by atoms with Crippen LogP contribution in [0.2, 0.25) is 0 Å². The largest absolute Gasteiger partial charge is 0.398 e. The van der Waals surface area contributed by atoms with Crippen LogP contribution in [-0.4, -0.2) is 26.5 Å². The zero-order chi connectivity index (χ0) is 13.5. The molecule has 0 amide bonds. The lowest BCUT2D eigenvalue weighted by Gasteiger charge is -2.30. The second-order valence-corrected chi connectivity index (χ2v) is 4.95. The molecule has 0 saturated carbocycles. The maximum absolute atomic E-state index is 6.04. The van der Waals surface area contributed by atoms with E-state index in [2.05, 4.69) is 30.9 Å². The van der Waals surface area contributed by atoms with Crippen LogP contribution in [0.3, 0.4) is 0 Å². The highest BCUT2D eigenvalue weighted by Crippen LogP contribution is 2.28. The molecule has 0 fully saturated rings. The molecule has 0 spiro atoms. The number of nitrogens with one attached hydrogen (secondary N) is 1. The number of nitrogens with zero attached hydrogens (tertiary/aromatic N) is 4. The molecule has 0 saturated heterocycles. The minimum Gasteiger partial charge on any atom is -0.398 e. The Labute approximate surface area is 115 Å². The third-order valence-corrected chi connectivity index (χ3v) is 3.80. The summed E-state index contributed by atoms with van der Waals surface area (Å²) in [5.74, 6) is 0.903. The van der Waals surface area contributed by atoms with E-state index in [1.165, 1.54) is 11.1 Å². The third-order valence-electron chi connectivity index (χ3n) is 3.80. The van der Waals surface area contributed by atoms with Crippen LogP contribution in [0.5, 0.6) is 0 Å². The van der Waals surface area contributed by atoms with Crippen molar-refractivity contribution in [3.63, 3.8) is 0 Å². The van der Waals surface area contributed by atoms with E-state index >= 15 is 0 Å². The van der Waals surface area contributed by atoms with Crippen molar-refractivity contribution in [1.29, 1.82) is 0 Å². The van der Waals surface area contributed by atoms with Gasteiger partial charge in [0.1, 0.15) is 11.8 Å². The van der Waals surface area contributed by atoms with E-state index in [0.717, 1.165) is 36.5 Å². The molecule has 20 heavy (non-hydrogen) atoms. The zero-order valence-corrected chi connectivity index (χ0v) is 10.9. The summed E-state index contributed by atoms with van der Waals surface area (Å²) in [4.78, 5) is 18.1. The van der Waals surface area contributed by atoms with Gasteiger partial charge in [-0.2, -0.15) is 0 Å². The molecule has 3 heterocycles. The topological polar surface area (TPSA) is 83.7 Å². The SMILES string of the molecule is Nc1cccc2c1CCN(c1ncnc3nc[nH]c13)C2. The van der Waals surface area contributed by atoms with Crippen molar-refractivity contribution in [3.05, 3.63) is 42.0 Å². The second kappa shape index (κ2) is 4.19. The third kappa shape index (κ3) is 1.61. The van der Waals surface area contributed by atoms with E-state index in [1.807, 2.05) is 12.1 Å². The van der Waals surface area contributed by atoms with Gasteiger partial charge in [0.25, 0.3) is 0 Å². The van der Waals surface area contributed by atoms with Crippen LogP contribution >= 0.6 is 0 Å². The normalized spacial score (nSPS) is 14.5. The van der Waals surface area contributed by atoms with Gasteiger partial charge in [-0.3, -0.25) is 0 Å². The minimum atomic E-state index is 0.702. The fourth-order valence-corrected chi connectivity index (χ4v) is 2.81. The lowest BCUT2D eigenvalue weighted by molar-refractivity contribution is 0.724. The Bertz CT molecular complexity index is 778. The summed E-state index contributed by atoms with van der Waals surface area (Å²) in [5.41, 5.74) is 11.0. The maximum Gasteiger partial charge on any atom is 0.182 e. The number of benzene rings is 1. The lowest BCUT2D eigenvalue weighted by Crippen LogP contribution is -2.31. The highest BCUT2D eigenvalue weighted by atomic mass is 15.2. The molecular weight excluding hydrogens is 252 g/mol. The average Bonchev–Trinajstić information content (AvgIpc) is 2.95. The van der Waals surface area contributed by atoms with Gasteiger partial charge in [-0.05, 0) is 23.6 Å². The Morgan fingerprint density at radius 1 is 1.20 bits per heavy atom. The quantitative estimate of drug-likeness (QED) is 0.652. The monoisotopic (exact) mass is 266 g/mol. The highest BCUT2D eigenvalue weighted by molar-refractivity contribution is 5.82. The van der Waals surface area contributed by atoms with Gasteiger partial charge in [0.05, 0.1) is 6.33 Å². The first kappa shape index (κ1) is 11.2. The molecule has 0 atom stereocenters. The molecule has 100 valence electrons. The fraction of sp³-hybridized carbons (Fsp3) is 0.214. The Hall–Kier alpha value is -2.63. The lowest BCUT2D eigenvalue weighted by atomic mass is 9.98. The molecule has 4 rings (SSSR count). The Morgan fingerprint density at radius 3 is 3.10 bits per heavy atom. The van der Waals surface area contributed by atoms with Gasteiger partial charge in [0.2, 0.25) is 0 Å². The zero-order valence-electron chi connectivity index (χ0n) is 10.9. The molecule has 2 aromatic heterocycles. The van der Waals surface area contributed by atoms with Crippen molar-refractivity contribution >= 4 is 22.7 Å². The van der Waals surface area contributed by atoms with E-state index in [-0.39, 0.29) is 0 Å². The standard InChI is InChI=1S/C14H14N6/c15-11-3-1-2-9-6-20(5-4-10(9)11)14-12-13(17-7-16-12)18-8-19-14/h1-3,7-8H,4-6,15H2,(H,16,17,18,19). The molecule has 1 aliphatic heterocycles. The van der Waals surface area contributed by atoms with Gasteiger partial charge in [0.15, 0.2) is 11.5 Å². The van der Waals surface area contributed by atoms with Crippen molar-refractivity contribution in [3.8, 4) is 0 Å². The van der Waals surface area contributed by atoms with E-state index in [1.54, 1.807) is 12.7 Å². The Kier molecular flexibility index (Phi) is 2.35. The molecule has 6 nitrogen and oxygen atoms in total. The van der Waals surface area contributed by atoms with E-state index < -0.39 is 0 Å². The summed E-state index contributed by atoms with van der Waals surface area (Å²) < 4.78 is 0. The van der Waals surface area contributed by atoms with Crippen molar-refractivity contribution in [2.75, 3.05) is 17.2 Å². The number of aromatic amines is 1. The number of fused-ring (bicyclic) bond motifs is 2. The summed E-state index contributed by atoms with van der Waals surface area (Å²) in [5, 5.41) is 0. The van der Waals surface area contributed by atoms with Gasteiger partial charge in [-0.25, -0.2) is 15.0 Å². The predicted octanol–water partition coefficient (Wildman–Crippen LogP) is 1.50. The van der Waals surface area contributed by atoms with Crippen LogP contribution in [0.25, 0.3) is 11.2 Å². The summed E-state index contributed by atoms with van der Waals surface area (Å²) in [6.45, 7) is 1.71. The summed E-state index contributed by atoms with van der Waals surface area (Å²) >= 11 is 0. The average molecular weight is 266 g/mol. The molecule has 6 heteroatoms. The number of rotatable bonds is 1. The van der Waals surface area contributed by atoms with Crippen LogP contribution in [0.4, 0.5) is 11.5 Å². The first-order valence-electron chi connectivity index (χ1n) is 6.58. The van der Waals surface area contributed by atoms with Gasteiger partial charge in [-0.1, -0.05) is 12.1 Å². The van der Waals surface area contributed by atoms with Crippen LogP contribution < -0.4 is 10.6 Å². The van der Waals surface area contributed by atoms with Crippen LogP contribution in [-0.2, 0) is 13.0 Å². The first-order valence-corrected chi connectivity index (χ1v) is 6.58. The number of anilines is 2. The number of nitrogen functional groups attached to an aromatic ring is 1. The van der Waals surface area contributed by atoms with Crippen molar-refractivity contribution in [2.24, 2.45) is 0 Å². The number of hydrogen-bond acceptors (Lipinski definition) is 5.